The first-order chi connectivity index (χ1) is 20.3. The Kier molecular flexibility index (Phi) is 7.51. The maximum atomic E-state index is 13.2. The van der Waals surface area contributed by atoms with Crippen LogP contribution in [0.2, 0.25) is 0 Å². The van der Waals surface area contributed by atoms with Gasteiger partial charge in [0, 0.05) is 49.2 Å². The van der Waals surface area contributed by atoms with E-state index in [-0.39, 0.29) is 5.91 Å². The number of halogens is 3. The molecule has 4 aromatic rings. The SMILES string of the molecule is COc1ccc(-c2nn(-c3ccccc3)cc2C=C2SC(N3CCN(c4cccc(C(F)(F)F)c4)CC3)=NC2=O)cc1. The number of hydrogen-bond donors (Lipinski definition) is 0. The van der Waals surface area contributed by atoms with E-state index in [9.17, 15) is 18.0 Å². The van der Waals surface area contributed by atoms with Gasteiger partial charge < -0.3 is 14.5 Å². The van der Waals surface area contributed by atoms with E-state index in [2.05, 4.69) is 4.99 Å². The normalized spacial score (nSPS) is 16.7. The second-order valence-electron chi connectivity index (χ2n) is 9.77. The molecule has 0 radical (unpaired) electrons. The van der Waals surface area contributed by atoms with Gasteiger partial charge in [-0.15, -0.1) is 0 Å². The summed E-state index contributed by atoms with van der Waals surface area (Å²) in [4.78, 5) is 21.7. The first-order valence-electron chi connectivity index (χ1n) is 13.3. The van der Waals surface area contributed by atoms with Gasteiger partial charge in [0.15, 0.2) is 5.17 Å². The van der Waals surface area contributed by atoms with Gasteiger partial charge in [-0.1, -0.05) is 24.3 Å². The monoisotopic (exact) mass is 589 g/mol. The van der Waals surface area contributed by atoms with Crippen molar-refractivity contribution in [2.24, 2.45) is 4.99 Å². The van der Waals surface area contributed by atoms with Gasteiger partial charge in [-0.25, -0.2) is 4.68 Å². The molecular formula is C31H26F3N5O2S. The number of ether oxygens (including phenoxy) is 1. The van der Waals surface area contributed by atoms with Crippen molar-refractivity contribution in [1.82, 2.24) is 14.7 Å². The highest BCUT2D eigenvalue weighted by Crippen LogP contribution is 2.35. The Balaban J connectivity index is 1.20. The van der Waals surface area contributed by atoms with Crippen molar-refractivity contribution in [2.45, 2.75) is 6.18 Å². The van der Waals surface area contributed by atoms with Crippen LogP contribution in [0.1, 0.15) is 11.1 Å². The molecule has 0 aliphatic carbocycles. The zero-order valence-electron chi connectivity index (χ0n) is 22.6. The molecule has 0 bridgehead atoms. The number of benzene rings is 3. The second-order valence-corrected chi connectivity index (χ2v) is 10.8. The van der Waals surface area contributed by atoms with Crippen molar-refractivity contribution >= 4 is 34.6 Å². The summed E-state index contributed by atoms with van der Waals surface area (Å²) in [6, 6.07) is 22.7. The van der Waals surface area contributed by atoms with Gasteiger partial charge in [-0.3, -0.25) is 4.79 Å². The Morgan fingerprint density at radius 1 is 0.881 bits per heavy atom. The minimum Gasteiger partial charge on any atom is -0.497 e. The summed E-state index contributed by atoms with van der Waals surface area (Å²) in [5.74, 6) is 0.400. The number of carbonyl (C=O) groups excluding carboxylic acids is 1. The lowest BCUT2D eigenvalue weighted by Gasteiger charge is -2.36. The zero-order chi connectivity index (χ0) is 29.3. The van der Waals surface area contributed by atoms with Crippen molar-refractivity contribution in [3.8, 4) is 22.7 Å². The summed E-state index contributed by atoms with van der Waals surface area (Å²) in [6.07, 6.45) is -0.684. The van der Waals surface area contributed by atoms with Crippen LogP contribution in [0, 0.1) is 0 Å². The predicted molar refractivity (Wildman–Crippen MR) is 159 cm³/mol. The van der Waals surface area contributed by atoms with E-state index < -0.39 is 11.7 Å². The third kappa shape index (κ3) is 5.78. The van der Waals surface area contributed by atoms with Crippen molar-refractivity contribution in [3.63, 3.8) is 0 Å². The Hall–Kier alpha value is -4.51. The third-order valence-corrected chi connectivity index (χ3v) is 8.16. The largest absolute Gasteiger partial charge is 0.497 e. The highest BCUT2D eigenvalue weighted by atomic mass is 32.2. The Labute approximate surface area is 244 Å². The van der Waals surface area contributed by atoms with Crippen molar-refractivity contribution in [2.75, 3.05) is 38.2 Å². The molecule has 7 nitrogen and oxygen atoms in total. The average Bonchev–Trinajstić information content (AvgIpc) is 3.61. The molecule has 214 valence electrons. The van der Waals surface area contributed by atoms with E-state index in [0.29, 0.717) is 47.6 Å². The number of methoxy groups -OCH3 is 1. The van der Waals surface area contributed by atoms with Gasteiger partial charge in [-0.2, -0.15) is 23.3 Å². The standard InChI is InChI=1S/C31H26F3N5O2S/c1-41-26-12-10-21(11-13-26)28-22(20-39(36-28)24-7-3-2-4-8-24)18-27-29(40)35-30(42-27)38-16-14-37(15-17-38)25-9-5-6-23(19-25)31(32,33)34/h2-13,18-20H,14-17H2,1H3. The van der Waals surface area contributed by atoms with E-state index in [4.69, 9.17) is 9.84 Å². The van der Waals surface area contributed by atoms with Crippen LogP contribution in [0.25, 0.3) is 23.0 Å². The molecule has 2 aliphatic rings. The van der Waals surface area contributed by atoms with Crippen molar-refractivity contribution < 1.29 is 22.7 Å². The molecule has 0 saturated carbocycles. The Bertz CT molecular complexity index is 1660. The van der Waals surface area contributed by atoms with Crippen LogP contribution >= 0.6 is 11.8 Å². The lowest BCUT2D eigenvalue weighted by atomic mass is 10.1. The average molecular weight is 590 g/mol. The first kappa shape index (κ1) is 27.6. The number of thioether (sulfide) groups is 1. The van der Waals surface area contributed by atoms with Crippen LogP contribution in [0.5, 0.6) is 5.75 Å². The van der Waals surface area contributed by atoms with Gasteiger partial charge in [0.1, 0.15) is 5.75 Å². The van der Waals surface area contributed by atoms with Crippen LogP contribution in [0.15, 0.2) is 95.0 Å². The number of carbonyl (C=O) groups is 1. The fourth-order valence-corrected chi connectivity index (χ4v) is 5.84. The zero-order valence-corrected chi connectivity index (χ0v) is 23.4. The van der Waals surface area contributed by atoms with Gasteiger partial charge in [0.2, 0.25) is 0 Å². The number of nitrogens with zero attached hydrogens (tertiary/aromatic N) is 5. The summed E-state index contributed by atoms with van der Waals surface area (Å²) in [5, 5.41) is 5.42. The number of amides is 1. The maximum Gasteiger partial charge on any atom is 0.416 e. The predicted octanol–water partition coefficient (Wildman–Crippen LogP) is 6.36. The highest BCUT2D eigenvalue weighted by molar-refractivity contribution is 8.18. The Morgan fingerprint density at radius 3 is 2.26 bits per heavy atom. The molecular weight excluding hydrogens is 563 g/mol. The lowest BCUT2D eigenvalue weighted by Crippen LogP contribution is -2.47. The minimum absolute atomic E-state index is 0.330. The molecule has 1 amide bonds. The molecule has 1 saturated heterocycles. The fraction of sp³-hybridized carbons (Fsp3) is 0.194. The molecule has 3 heterocycles. The van der Waals surface area contributed by atoms with Gasteiger partial charge in [0.25, 0.3) is 5.91 Å². The second kappa shape index (κ2) is 11.4. The van der Waals surface area contributed by atoms with E-state index in [0.717, 1.165) is 28.6 Å². The van der Waals surface area contributed by atoms with Gasteiger partial charge in [-0.05, 0) is 72.4 Å². The molecule has 0 N–H and O–H groups in total. The molecule has 1 fully saturated rings. The molecule has 1 aromatic heterocycles. The topological polar surface area (TPSA) is 63.0 Å². The molecule has 0 atom stereocenters. The number of rotatable bonds is 5. The molecule has 11 heteroatoms. The molecule has 2 aliphatic heterocycles. The van der Waals surface area contributed by atoms with E-state index in [1.807, 2.05) is 76.7 Å². The van der Waals surface area contributed by atoms with E-state index in [1.54, 1.807) is 17.9 Å². The van der Waals surface area contributed by atoms with Crippen LogP contribution in [-0.4, -0.2) is 59.0 Å². The summed E-state index contributed by atoms with van der Waals surface area (Å²) in [5.41, 5.74) is 3.11. The molecule has 42 heavy (non-hydrogen) atoms. The minimum atomic E-state index is -4.39. The van der Waals surface area contributed by atoms with Gasteiger partial charge >= 0.3 is 6.18 Å². The van der Waals surface area contributed by atoms with Crippen LogP contribution in [0.4, 0.5) is 18.9 Å². The number of amidine groups is 1. The fourth-order valence-electron chi connectivity index (χ4n) is 4.89. The van der Waals surface area contributed by atoms with Crippen LogP contribution in [-0.2, 0) is 11.0 Å². The van der Waals surface area contributed by atoms with Crippen molar-refractivity contribution in [1.29, 1.82) is 0 Å². The number of aromatic nitrogens is 2. The third-order valence-electron chi connectivity index (χ3n) is 7.11. The lowest BCUT2D eigenvalue weighted by molar-refractivity contribution is -0.137. The number of hydrogen-bond acceptors (Lipinski definition) is 6. The van der Waals surface area contributed by atoms with E-state index >= 15 is 0 Å². The highest BCUT2D eigenvalue weighted by Gasteiger charge is 2.32. The molecule has 6 rings (SSSR count). The number of piperazine rings is 1. The smallest absolute Gasteiger partial charge is 0.416 e. The first-order valence-corrected chi connectivity index (χ1v) is 14.1. The molecule has 3 aromatic carbocycles. The van der Waals surface area contributed by atoms with Crippen LogP contribution < -0.4 is 9.64 Å². The maximum absolute atomic E-state index is 13.2. The number of aliphatic imine (C=N–C) groups is 1. The molecule has 0 unspecified atom stereocenters. The van der Waals surface area contributed by atoms with Gasteiger partial charge in [0.05, 0.1) is 29.0 Å². The van der Waals surface area contributed by atoms with Crippen molar-refractivity contribution in [3.05, 3.63) is 101 Å². The number of anilines is 1. The quantitative estimate of drug-likeness (QED) is 0.253. The van der Waals surface area contributed by atoms with Crippen LogP contribution in [0.3, 0.4) is 0 Å². The Morgan fingerprint density at radius 2 is 1.57 bits per heavy atom. The summed E-state index contributed by atoms with van der Waals surface area (Å²) < 4.78 is 46.6. The molecule has 0 spiro atoms. The number of para-hydroxylation sites is 1. The van der Waals surface area contributed by atoms with E-state index in [1.165, 1.54) is 23.9 Å². The summed E-state index contributed by atoms with van der Waals surface area (Å²) in [6.45, 7) is 2.09. The summed E-state index contributed by atoms with van der Waals surface area (Å²) >= 11 is 1.30. The summed E-state index contributed by atoms with van der Waals surface area (Å²) in [7, 11) is 1.61. The number of alkyl halides is 3.